The average molecular weight is 407 g/mol. The van der Waals surface area contributed by atoms with Gasteiger partial charge < -0.3 is 9.73 Å². The number of carbonyl (C=O) groups is 1. The molecule has 0 aliphatic rings. The smallest absolute Gasteiger partial charge is 0.408 e. The van der Waals surface area contributed by atoms with Gasteiger partial charge in [0.2, 0.25) is 5.91 Å². The first kappa shape index (κ1) is 17.7. The highest BCUT2D eigenvalue weighted by Crippen LogP contribution is 2.32. The summed E-state index contributed by atoms with van der Waals surface area (Å²) in [4.78, 5) is 28.9. The van der Waals surface area contributed by atoms with E-state index in [0.29, 0.717) is 43.1 Å². The number of para-hydroxylation sites is 2. The minimum absolute atomic E-state index is 0.224. The lowest BCUT2D eigenvalue weighted by molar-refractivity contribution is -0.116. The van der Waals surface area contributed by atoms with Crippen LogP contribution in [0.2, 0.25) is 0 Å². The van der Waals surface area contributed by atoms with Gasteiger partial charge in [0, 0.05) is 4.90 Å². The lowest BCUT2D eigenvalue weighted by Gasteiger charge is -2.02. The van der Waals surface area contributed by atoms with Crippen LogP contribution in [0.4, 0.5) is 13.9 Å². The van der Waals surface area contributed by atoms with Gasteiger partial charge in [-0.05, 0) is 30.3 Å². The topological polar surface area (TPSA) is 77.1 Å². The van der Waals surface area contributed by atoms with Crippen LogP contribution >= 0.6 is 23.1 Å². The minimum Gasteiger partial charge on any atom is -0.408 e. The Bertz CT molecular complexity index is 1200. The Balaban J connectivity index is 1.54. The van der Waals surface area contributed by atoms with Gasteiger partial charge in [0.05, 0.1) is 15.7 Å². The van der Waals surface area contributed by atoms with Crippen LogP contribution in [0.25, 0.3) is 21.3 Å². The van der Waals surface area contributed by atoms with E-state index in [4.69, 9.17) is 4.42 Å². The predicted octanol–water partition coefficient (Wildman–Crippen LogP) is 4.16. The molecule has 10 heteroatoms. The first-order chi connectivity index (χ1) is 13.0. The molecule has 0 saturated carbocycles. The quantitative estimate of drug-likeness (QED) is 0.503. The highest BCUT2D eigenvalue weighted by Gasteiger charge is 2.14. The highest BCUT2D eigenvalue weighted by molar-refractivity contribution is 7.99. The number of carbonyl (C=O) groups excluding carboxylic acids is 1. The number of thioether (sulfide) groups is 1. The van der Waals surface area contributed by atoms with E-state index in [9.17, 15) is 18.4 Å². The van der Waals surface area contributed by atoms with Gasteiger partial charge in [-0.3, -0.25) is 9.36 Å². The van der Waals surface area contributed by atoms with Gasteiger partial charge in [-0.15, -0.1) is 0 Å². The molecule has 2 aromatic heterocycles. The molecule has 1 N–H and O–H groups in total. The third-order valence-electron chi connectivity index (χ3n) is 3.71. The summed E-state index contributed by atoms with van der Waals surface area (Å²) in [6, 6.07) is 11.6. The summed E-state index contributed by atoms with van der Waals surface area (Å²) in [6.45, 7) is -0.224. The third kappa shape index (κ3) is 3.71. The van der Waals surface area contributed by atoms with Gasteiger partial charge in [-0.25, -0.2) is 9.78 Å². The molecule has 138 valence electrons. The molecular weight excluding hydrogens is 396 g/mol. The summed E-state index contributed by atoms with van der Waals surface area (Å²) in [6.07, 6.45) is 0. The summed E-state index contributed by atoms with van der Waals surface area (Å²) in [7, 11) is 0. The molecule has 4 rings (SSSR count). The van der Waals surface area contributed by atoms with E-state index in [2.05, 4.69) is 10.3 Å². The number of anilines is 1. The van der Waals surface area contributed by atoms with Gasteiger partial charge in [0.25, 0.3) is 5.76 Å². The molecule has 0 atom stereocenters. The fraction of sp³-hybridized carbons (Fsp3) is 0.118. The first-order valence-corrected chi connectivity index (χ1v) is 9.43. The Hall–Kier alpha value is -2.72. The molecule has 0 fully saturated rings. The number of alkyl halides is 2. The number of nitrogens with zero attached hydrogens (tertiary/aromatic N) is 2. The van der Waals surface area contributed by atoms with Crippen molar-refractivity contribution in [2.24, 2.45) is 0 Å². The van der Waals surface area contributed by atoms with Crippen molar-refractivity contribution in [1.29, 1.82) is 0 Å². The van der Waals surface area contributed by atoms with Gasteiger partial charge in [-0.1, -0.05) is 35.2 Å². The highest BCUT2D eigenvalue weighted by atomic mass is 32.2. The SMILES string of the molecule is O=C(Cn1c(=O)oc2ccccc21)Nc1nc2ccc(SC(F)F)cc2s1. The second kappa shape index (κ2) is 7.12. The number of nitrogens with one attached hydrogen (secondary N) is 1. The zero-order valence-corrected chi connectivity index (χ0v) is 15.2. The Morgan fingerprint density at radius 3 is 2.93 bits per heavy atom. The Labute approximate surface area is 158 Å². The molecule has 0 bridgehead atoms. The maximum Gasteiger partial charge on any atom is 0.420 e. The number of oxazole rings is 1. The van der Waals surface area contributed by atoms with Crippen LogP contribution in [-0.2, 0) is 11.3 Å². The summed E-state index contributed by atoms with van der Waals surface area (Å²) in [5.41, 5.74) is 1.52. The van der Waals surface area contributed by atoms with Gasteiger partial charge >= 0.3 is 5.76 Å². The van der Waals surface area contributed by atoms with E-state index in [1.807, 2.05) is 0 Å². The van der Waals surface area contributed by atoms with Crippen LogP contribution in [0, 0.1) is 0 Å². The lowest BCUT2D eigenvalue weighted by atomic mass is 10.3. The van der Waals surface area contributed by atoms with Crippen molar-refractivity contribution in [2.45, 2.75) is 17.2 Å². The van der Waals surface area contributed by atoms with Crippen LogP contribution in [0.5, 0.6) is 0 Å². The molecule has 1 amide bonds. The standard InChI is InChI=1S/C17H11F2N3O3S2/c18-15(19)26-9-5-6-10-13(7-9)27-16(20-10)21-14(23)8-22-11-3-1-2-4-12(11)25-17(22)24/h1-7,15H,8H2,(H,20,21,23). The first-order valence-electron chi connectivity index (χ1n) is 7.73. The number of amides is 1. The molecule has 0 radical (unpaired) electrons. The second-order valence-electron chi connectivity index (χ2n) is 5.50. The van der Waals surface area contributed by atoms with Gasteiger partial charge in [-0.2, -0.15) is 8.78 Å². The normalized spacial score (nSPS) is 11.5. The van der Waals surface area contributed by atoms with Crippen molar-refractivity contribution in [3.63, 3.8) is 0 Å². The van der Waals surface area contributed by atoms with Gasteiger partial charge in [0.15, 0.2) is 10.7 Å². The number of benzene rings is 2. The van der Waals surface area contributed by atoms with Crippen molar-refractivity contribution < 1.29 is 18.0 Å². The number of hydrogen-bond donors (Lipinski definition) is 1. The molecule has 0 spiro atoms. The molecule has 0 saturated heterocycles. The summed E-state index contributed by atoms with van der Waals surface area (Å²) in [5.74, 6) is -3.56. The zero-order valence-electron chi connectivity index (χ0n) is 13.5. The number of rotatable bonds is 5. The summed E-state index contributed by atoms with van der Waals surface area (Å²) < 4.78 is 32.0. The Morgan fingerprint density at radius 2 is 2.11 bits per heavy atom. The Morgan fingerprint density at radius 1 is 1.30 bits per heavy atom. The molecule has 2 aromatic carbocycles. The van der Waals surface area contributed by atoms with E-state index in [1.165, 1.54) is 15.9 Å². The van der Waals surface area contributed by atoms with Crippen molar-refractivity contribution in [2.75, 3.05) is 5.32 Å². The van der Waals surface area contributed by atoms with Crippen molar-refractivity contribution in [3.8, 4) is 0 Å². The van der Waals surface area contributed by atoms with Crippen molar-refractivity contribution in [3.05, 3.63) is 53.0 Å². The van der Waals surface area contributed by atoms with E-state index >= 15 is 0 Å². The molecule has 27 heavy (non-hydrogen) atoms. The Kier molecular flexibility index (Phi) is 4.66. The van der Waals surface area contributed by atoms with Crippen molar-refractivity contribution in [1.82, 2.24) is 9.55 Å². The maximum atomic E-state index is 12.5. The minimum atomic E-state index is -2.50. The van der Waals surface area contributed by atoms with E-state index in [-0.39, 0.29) is 6.54 Å². The van der Waals surface area contributed by atoms with Crippen LogP contribution in [-0.4, -0.2) is 21.2 Å². The molecule has 0 aliphatic heterocycles. The summed E-state index contributed by atoms with van der Waals surface area (Å²) in [5, 5.41) is 2.96. The average Bonchev–Trinajstić information content (AvgIpc) is 3.14. The zero-order chi connectivity index (χ0) is 19.0. The lowest BCUT2D eigenvalue weighted by Crippen LogP contribution is -2.24. The fourth-order valence-corrected chi connectivity index (χ4v) is 4.13. The number of halogens is 2. The molecule has 2 heterocycles. The molecule has 0 aliphatic carbocycles. The predicted molar refractivity (Wildman–Crippen MR) is 101 cm³/mol. The molecule has 6 nitrogen and oxygen atoms in total. The van der Waals surface area contributed by atoms with Crippen LogP contribution in [0.15, 0.2) is 56.6 Å². The monoisotopic (exact) mass is 407 g/mol. The van der Waals surface area contributed by atoms with E-state index in [0.717, 1.165) is 0 Å². The number of aromatic nitrogens is 2. The van der Waals surface area contributed by atoms with Crippen LogP contribution in [0.3, 0.4) is 0 Å². The maximum absolute atomic E-state index is 12.5. The summed E-state index contributed by atoms with van der Waals surface area (Å²) >= 11 is 1.63. The largest absolute Gasteiger partial charge is 0.420 e. The van der Waals surface area contributed by atoms with E-state index in [1.54, 1.807) is 42.5 Å². The molecule has 4 aromatic rings. The second-order valence-corrected chi connectivity index (χ2v) is 7.59. The third-order valence-corrected chi connectivity index (χ3v) is 5.34. The fourth-order valence-electron chi connectivity index (χ4n) is 2.60. The van der Waals surface area contributed by atoms with Crippen LogP contribution < -0.4 is 11.1 Å². The van der Waals surface area contributed by atoms with Gasteiger partial charge in [0.1, 0.15) is 6.54 Å². The van der Waals surface area contributed by atoms with E-state index < -0.39 is 17.4 Å². The number of thiazole rings is 1. The molecular formula is C17H11F2N3O3S2. The van der Waals surface area contributed by atoms with Crippen molar-refractivity contribution >= 4 is 55.5 Å². The molecule has 0 unspecified atom stereocenters. The number of fused-ring (bicyclic) bond motifs is 2. The number of hydrogen-bond acceptors (Lipinski definition) is 6. The van der Waals surface area contributed by atoms with Crippen LogP contribution in [0.1, 0.15) is 0 Å².